The van der Waals surface area contributed by atoms with Crippen LogP contribution < -0.4 is 0 Å². The van der Waals surface area contributed by atoms with Gasteiger partial charge in [0.1, 0.15) is 6.10 Å². The minimum atomic E-state index is -1.03. The van der Waals surface area contributed by atoms with E-state index in [4.69, 9.17) is 14.2 Å². The lowest BCUT2D eigenvalue weighted by atomic mass is 10.0. The van der Waals surface area contributed by atoms with Gasteiger partial charge in [-0.25, -0.2) is 0 Å². The molecule has 4 nitrogen and oxygen atoms in total. The van der Waals surface area contributed by atoms with Crippen LogP contribution in [0.5, 0.6) is 0 Å². The Balaban J connectivity index is 2.84. The summed E-state index contributed by atoms with van der Waals surface area (Å²) in [7, 11) is 3.07. The summed E-state index contributed by atoms with van der Waals surface area (Å²) in [5, 5.41) is 9.20. The molecule has 80 valence electrons. The smallest absolute Gasteiger partial charge is 0.221 e. The normalized spacial score (nSPS) is 33.3. The Morgan fingerprint density at radius 3 is 2.57 bits per heavy atom. The average molecular weight is 200 g/mol. The SMILES string of the molecule is COC1C=CC=CC1(OC)OC(C)O. The zero-order valence-corrected chi connectivity index (χ0v) is 8.64. The maximum atomic E-state index is 9.20. The molecule has 3 atom stereocenters. The fourth-order valence-corrected chi connectivity index (χ4v) is 1.43. The standard InChI is InChI=1S/C10H16O4/c1-8(11)14-10(13-3)7-5-4-6-9(10)12-2/h4-9,11H,1-3H3. The van der Waals surface area contributed by atoms with Gasteiger partial charge in [0, 0.05) is 14.2 Å². The van der Waals surface area contributed by atoms with E-state index < -0.39 is 12.1 Å². The summed E-state index contributed by atoms with van der Waals surface area (Å²) in [6.07, 6.45) is 5.90. The first-order valence-electron chi connectivity index (χ1n) is 4.44. The first-order chi connectivity index (χ1) is 6.64. The number of rotatable bonds is 4. The van der Waals surface area contributed by atoms with Crippen molar-refractivity contribution in [1.29, 1.82) is 0 Å². The molecule has 0 aromatic heterocycles. The minimum absolute atomic E-state index is 0.355. The second-order valence-electron chi connectivity index (χ2n) is 3.04. The molecule has 3 unspecified atom stereocenters. The Morgan fingerprint density at radius 1 is 1.36 bits per heavy atom. The number of allylic oxidation sites excluding steroid dienone is 2. The average Bonchev–Trinajstić information content (AvgIpc) is 2.17. The molecule has 1 aliphatic carbocycles. The molecule has 1 N–H and O–H groups in total. The summed E-state index contributed by atoms with van der Waals surface area (Å²) in [4.78, 5) is 0. The van der Waals surface area contributed by atoms with Crippen LogP contribution in [0.25, 0.3) is 0 Å². The van der Waals surface area contributed by atoms with E-state index in [1.54, 1.807) is 19.3 Å². The van der Waals surface area contributed by atoms with Crippen molar-refractivity contribution in [1.82, 2.24) is 0 Å². The Bertz CT molecular complexity index is 234. The monoisotopic (exact) mass is 200 g/mol. The van der Waals surface area contributed by atoms with Gasteiger partial charge < -0.3 is 19.3 Å². The lowest BCUT2D eigenvalue weighted by Crippen LogP contribution is -2.48. The molecule has 0 amide bonds. The van der Waals surface area contributed by atoms with Gasteiger partial charge >= 0.3 is 0 Å². The molecule has 0 radical (unpaired) electrons. The van der Waals surface area contributed by atoms with Crippen LogP contribution in [0.1, 0.15) is 6.92 Å². The van der Waals surface area contributed by atoms with Gasteiger partial charge in [0.2, 0.25) is 5.79 Å². The lowest BCUT2D eigenvalue weighted by molar-refractivity contribution is -0.290. The van der Waals surface area contributed by atoms with Gasteiger partial charge in [-0.2, -0.15) is 0 Å². The predicted molar refractivity (Wildman–Crippen MR) is 51.6 cm³/mol. The molecule has 0 saturated carbocycles. The van der Waals surface area contributed by atoms with E-state index >= 15 is 0 Å². The maximum absolute atomic E-state index is 9.20. The minimum Gasteiger partial charge on any atom is -0.371 e. The summed E-state index contributed by atoms with van der Waals surface area (Å²) in [5.74, 6) is -1.03. The van der Waals surface area contributed by atoms with E-state index in [1.165, 1.54) is 14.0 Å². The van der Waals surface area contributed by atoms with Crippen molar-refractivity contribution in [3.05, 3.63) is 24.3 Å². The van der Waals surface area contributed by atoms with Crippen LogP contribution >= 0.6 is 0 Å². The van der Waals surface area contributed by atoms with Crippen LogP contribution in [0.2, 0.25) is 0 Å². The molecule has 0 spiro atoms. The highest BCUT2D eigenvalue weighted by atomic mass is 16.8. The molecule has 0 aromatic rings. The number of hydrogen-bond donors (Lipinski definition) is 1. The first-order valence-corrected chi connectivity index (χ1v) is 4.44. The molecule has 1 aliphatic rings. The Hall–Kier alpha value is -0.680. The van der Waals surface area contributed by atoms with Crippen molar-refractivity contribution in [2.45, 2.75) is 25.1 Å². The fourth-order valence-electron chi connectivity index (χ4n) is 1.43. The number of aliphatic hydroxyl groups excluding tert-OH is 1. The molecule has 0 aliphatic heterocycles. The highest BCUT2D eigenvalue weighted by molar-refractivity contribution is 5.20. The second-order valence-corrected chi connectivity index (χ2v) is 3.04. The zero-order chi connectivity index (χ0) is 10.6. The topological polar surface area (TPSA) is 47.9 Å². The van der Waals surface area contributed by atoms with Crippen molar-refractivity contribution in [2.75, 3.05) is 14.2 Å². The molecule has 0 aromatic carbocycles. The molecular formula is C10H16O4. The Morgan fingerprint density at radius 2 is 2.07 bits per heavy atom. The molecule has 0 saturated heterocycles. The molecule has 0 bridgehead atoms. The van der Waals surface area contributed by atoms with Gasteiger partial charge in [-0.15, -0.1) is 0 Å². The van der Waals surface area contributed by atoms with E-state index in [0.29, 0.717) is 0 Å². The predicted octanol–water partition coefficient (Wildman–Crippen LogP) is 0.825. The van der Waals surface area contributed by atoms with Crippen LogP contribution in [-0.4, -0.2) is 37.5 Å². The van der Waals surface area contributed by atoms with Crippen molar-refractivity contribution in [3.8, 4) is 0 Å². The number of aliphatic hydroxyl groups is 1. The summed E-state index contributed by atoms with van der Waals surface area (Å²) in [6, 6.07) is 0. The van der Waals surface area contributed by atoms with Gasteiger partial charge in [-0.3, -0.25) is 0 Å². The van der Waals surface area contributed by atoms with Crippen molar-refractivity contribution in [2.24, 2.45) is 0 Å². The van der Waals surface area contributed by atoms with Crippen molar-refractivity contribution < 1.29 is 19.3 Å². The van der Waals surface area contributed by atoms with Crippen LogP contribution in [0.15, 0.2) is 24.3 Å². The Labute approximate surface area is 83.8 Å². The highest BCUT2D eigenvalue weighted by Gasteiger charge is 2.39. The van der Waals surface area contributed by atoms with E-state index in [0.717, 1.165) is 0 Å². The van der Waals surface area contributed by atoms with Crippen LogP contribution in [0.4, 0.5) is 0 Å². The highest BCUT2D eigenvalue weighted by Crippen LogP contribution is 2.26. The van der Waals surface area contributed by atoms with Crippen LogP contribution in [-0.2, 0) is 14.2 Å². The molecule has 0 fully saturated rings. The largest absolute Gasteiger partial charge is 0.371 e. The van der Waals surface area contributed by atoms with E-state index in [-0.39, 0.29) is 6.10 Å². The Kier molecular flexibility index (Phi) is 3.83. The number of hydrogen-bond acceptors (Lipinski definition) is 4. The third-order valence-electron chi connectivity index (χ3n) is 2.05. The number of methoxy groups -OCH3 is 2. The van der Waals surface area contributed by atoms with E-state index in [2.05, 4.69) is 0 Å². The summed E-state index contributed by atoms with van der Waals surface area (Å²) < 4.78 is 15.7. The van der Waals surface area contributed by atoms with Crippen LogP contribution in [0.3, 0.4) is 0 Å². The molecule has 14 heavy (non-hydrogen) atoms. The number of ether oxygens (including phenoxy) is 3. The van der Waals surface area contributed by atoms with E-state index in [9.17, 15) is 5.11 Å². The van der Waals surface area contributed by atoms with Crippen LogP contribution in [0, 0.1) is 0 Å². The van der Waals surface area contributed by atoms with E-state index in [1.807, 2.05) is 12.2 Å². The molecular weight excluding hydrogens is 184 g/mol. The molecule has 4 heteroatoms. The van der Waals surface area contributed by atoms with Gasteiger partial charge in [-0.1, -0.05) is 18.2 Å². The zero-order valence-electron chi connectivity index (χ0n) is 8.64. The van der Waals surface area contributed by atoms with Gasteiger partial charge in [-0.05, 0) is 13.0 Å². The quantitative estimate of drug-likeness (QED) is 0.683. The first kappa shape index (κ1) is 11.4. The second kappa shape index (κ2) is 4.70. The molecule has 0 heterocycles. The summed E-state index contributed by atoms with van der Waals surface area (Å²) in [6.45, 7) is 1.53. The summed E-state index contributed by atoms with van der Waals surface area (Å²) in [5.41, 5.74) is 0. The lowest BCUT2D eigenvalue weighted by Gasteiger charge is -2.36. The summed E-state index contributed by atoms with van der Waals surface area (Å²) >= 11 is 0. The van der Waals surface area contributed by atoms with Crippen molar-refractivity contribution in [3.63, 3.8) is 0 Å². The fraction of sp³-hybridized carbons (Fsp3) is 0.600. The maximum Gasteiger partial charge on any atom is 0.221 e. The third kappa shape index (κ3) is 2.22. The third-order valence-corrected chi connectivity index (χ3v) is 2.05. The van der Waals surface area contributed by atoms with Gasteiger partial charge in [0.05, 0.1) is 0 Å². The van der Waals surface area contributed by atoms with Gasteiger partial charge in [0.25, 0.3) is 0 Å². The van der Waals surface area contributed by atoms with Crippen molar-refractivity contribution >= 4 is 0 Å². The van der Waals surface area contributed by atoms with Gasteiger partial charge in [0.15, 0.2) is 6.29 Å². The molecule has 1 rings (SSSR count).